The molecule has 0 aromatic heterocycles. The van der Waals surface area contributed by atoms with Crippen molar-refractivity contribution in [1.82, 2.24) is 0 Å². The fourth-order valence-corrected chi connectivity index (χ4v) is 0. The molecule has 0 aliphatic carbocycles. The molecule has 0 aromatic carbocycles. The van der Waals surface area contributed by atoms with Crippen molar-refractivity contribution in [2.45, 2.75) is 29.7 Å². The van der Waals surface area contributed by atoms with E-state index in [9.17, 15) is 0 Å². The van der Waals surface area contributed by atoms with Crippen molar-refractivity contribution in [3.63, 3.8) is 0 Å². The molecule has 0 spiro atoms. The largest absolute Gasteiger partial charge is 0.870 e. The second kappa shape index (κ2) is 2220. The third kappa shape index (κ3) is 1600. The van der Waals surface area contributed by atoms with Gasteiger partial charge in [0.1, 0.15) is 0 Å². The van der Waals surface area contributed by atoms with Crippen molar-refractivity contribution in [1.29, 1.82) is 0 Å². The molecule has 0 aromatic rings. The highest BCUT2D eigenvalue weighted by atomic mass is 17.0. The fourth-order valence-electron chi connectivity index (χ4n) is 0. The maximum absolute atomic E-state index is 7.25. The Labute approximate surface area is 72.8 Å². The van der Waals surface area contributed by atoms with Gasteiger partial charge in [-0.25, -0.2) is 0 Å². The van der Waals surface area contributed by atoms with E-state index in [1.807, 2.05) is 0 Å². The van der Waals surface area contributed by atoms with Gasteiger partial charge in [0.05, 0.1) is 0 Å². The average Bonchev–Trinajstić information content (AvgIpc) is 1.81. The zero-order valence-electron chi connectivity index (χ0n) is 3.46. The van der Waals surface area contributed by atoms with Gasteiger partial charge in [0.15, 0.2) is 0 Å². The van der Waals surface area contributed by atoms with Crippen molar-refractivity contribution in [3.05, 3.63) is 9.93 Å². The Kier molecular flexibility index (Phi) is 40400. The third-order valence-corrected chi connectivity index (χ3v) is 0. The monoisotopic (exact) mass is 197 g/mol. The lowest BCUT2D eigenvalue weighted by molar-refractivity contribution is -0.670. The lowest BCUT2D eigenvalue weighted by Gasteiger charge is -1.61. The molecule has 5 N–H and O–H groups in total. The summed E-state index contributed by atoms with van der Waals surface area (Å²) in [5.41, 5.74) is 0. The molecule has 0 radical (unpaired) electrons. The normalized spacial score (nSPS) is 1.33. The summed E-state index contributed by atoms with van der Waals surface area (Å²) in [5, 5.41) is 25.0. The van der Waals surface area contributed by atoms with Gasteiger partial charge in [-0.15, -0.1) is 0 Å². The van der Waals surface area contributed by atoms with Crippen LogP contribution in [0, 0.1) is 9.93 Å². The first-order chi connectivity index (χ1) is 3.00. The van der Waals surface area contributed by atoms with Crippen molar-refractivity contribution in [2.75, 3.05) is 0 Å². The van der Waals surface area contributed by atoms with Gasteiger partial charge in [-0.1, -0.05) is 29.7 Å². The van der Waals surface area contributed by atoms with Crippen molar-refractivity contribution >= 4 is 0 Å². The molecule has 88 valence electrons. The second-order valence-electron chi connectivity index (χ2n) is 0. The first kappa shape index (κ1) is 219. The summed E-state index contributed by atoms with van der Waals surface area (Å²) in [7, 11) is 0. The highest BCUT2D eigenvalue weighted by Crippen LogP contribution is 0.741. The third-order valence-electron chi connectivity index (χ3n) is 0. The van der Waals surface area contributed by atoms with Crippen LogP contribution in [0.2, 0.25) is 0 Å². The molecular weight excluding hydrogens is 176 g/mol. The number of hydrogen-bond donors (Lipinski definition) is 3. The van der Waals surface area contributed by atoms with Crippen LogP contribution in [-0.4, -0.2) is 26.7 Å². The minimum Gasteiger partial charge on any atom is -0.870 e. The van der Waals surface area contributed by atoms with Crippen LogP contribution >= 0.6 is 0 Å². The lowest BCUT2D eigenvalue weighted by Crippen LogP contribution is -1.84. The summed E-state index contributed by atoms with van der Waals surface area (Å²) in [4.78, 5) is 14.0. The van der Waals surface area contributed by atoms with E-state index < -0.39 is 0 Å². The van der Waals surface area contributed by atoms with Gasteiger partial charge in [-0.2, -0.15) is 0 Å². The van der Waals surface area contributed by atoms with E-state index in [0.29, 0.717) is 0 Å². The van der Waals surface area contributed by atoms with Gasteiger partial charge in [-0.05, 0) is 0 Å². The molecule has 0 heterocycles. The standard InChI is InChI=1S/4CH4.2H2O2.O2.2H2O/c;;;;3*1-2;;/h4*1H4;2*1-2H;;2*1H2/p-3. The molecule has 0 unspecified atom stereocenters. The van der Waals surface area contributed by atoms with Crippen LogP contribution in [0.1, 0.15) is 29.7 Å². The zero-order valence-corrected chi connectivity index (χ0v) is 3.46. The summed E-state index contributed by atoms with van der Waals surface area (Å²) in [6.45, 7) is 0. The quantitative estimate of drug-likeness (QED) is 0.381. The van der Waals surface area contributed by atoms with Crippen LogP contribution < -0.4 is 5.26 Å². The molecule has 0 aliphatic rings. The van der Waals surface area contributed by atoms with Crippen molar-refractivity contribution in [3.8, 4) is 0 Å². The summed E-state index contributed by atoms with van der Waals surface area (Å²) < 4.78 is 0. The SMILES string of the molecule is C.C.C.C.O=O.OO.[O-]O.[OH-].[OH-]. The van der Waals surface area contributed by atoms with E-state index in [0.717, 1.165) is 0 Å². The Balaban J connectivity index is -0.00000000129. The van der Waals surface area contributed by atoms with Gasteiger partial charge < -0.3 is 21.5 Å². The molecule has 0 atom stereocenters. The highest BCUT2D eigenvalue weighted by molar-refractivity contribution is 4.07. The average molecular weight is 197 g/mol. The van der Waals surface area contributed by atoms with E-state index in [1.54, 1.807) is 0 Å². The van der Waals surface area contributed by atoms with Crippen LogP contribution in [0.4, 0.5) is 0 Å². The van der Waals surface area contributed by atoms with Crippen LogP contribution in [0.5, 0.6) is 0 Å². The molecule has 8 nitrogen and oxygen atoms in total. The molecule has 0 saturated carbocycles. The van der Waals surface area contributed by atoms with Gasteiger partial charge in [-0.3, -0.25) is 10.5 Å². The molecule has 0 amide bonds. The Morgan fingerprint density at radius 1 is 0.667 bits per heavy atom. The van der Waals surface area contributed by atoms with Gasteiger partial charge in [0, 0.05) is 9.93 Å². The van der Waals surface area contributed by atoms with Crippen LogP contribution in [0.25, 0.3) is 0 Å². The molecular formula is C4H21O8-3. The molecule has 0 rings (SSSR count). The van der Waals surface area contributed by atoms with Crippen molar-refractivity contribution in [2.24, 2.45) is 0 Å². The van der Waals surface area contributed by atoms with Crippen molar-refractivity contribution < 1.29 is 32.0 Å². The van der Waals surface area contributed by atoms with Crippen LogP contribution in [-0.2, 0) is 0 Å². The number of hydrogen-bond acceptors (Lipinski definition) is 8. The molecule has 0 fully saturated rings. The van der Waals surface area contributed by atoms with Gasteiger partial charge in [0.2, 0.25) is 0 Å². The summed E-state index contributed by atoms with van der Waals surface area (Å²) in [5.74, 6) is 0. The Morgan fingerprint density at radius 2 is 0.667 bits per heavy atom. The first-order valence-corrected chi connectivity index (χ1v) is 0.549. The predicted octanol–water partition coefficient (Wildman–Crippen LogP) is 1.09. The Morgan fingerprint density at radius 3 is 0.667 bits per heavy atom. The highest BCUT2D eigenvalue weighted by Gasteiger charge is 0.746. The first-order valence-electron chi connectivity index (χ1n) is 0.549. The second-order valence-corrected chi connectivity index (χ2v) is 0. The summed E-state index contributed by atoms with van der Waals surface area (Å²) in [6.07, 6.45) is 0. The number of rotatable bonds is 0. The minimum absolute atomic E-state index is 0. The molecule has 12 heavy (non-hydrogen) atoms. The molecule has 0 saturated heterocycles. The fraction of sp³-hybridized carbons (Fsp3) is 1.00. The van der Waals surface area contributed by atoms with E-state index in [1.165, 1.54) is 0 Å². The van der Waals surface area contributed by atoms with E-state index in [4.69, 9.17) is 31.0 Å². The predicted molar refractivity (Wildman–Crippen MR) is 45.4 cm³/mol. The molecule has 0 bridgehead atoms. The zero-order chi connectivity index (χ0) is 6.00. The summed E-state index contributed by atoms with van der Waals surface area (Å²) >= 11 is 0. The van der Waals surface area contributed by atoms with E-state index in [2.05, 4.69) is 0 Å². The maximum atomic E-state index is 7.25. The van der Waals surface area contributed by atoms with Crippen LogP contribution in [0.3, 0.4) is 0 Å². The minimum atomic E-state index is 0. The molecule has 8 heteroatoms. The Hall–Kier alpha value is -0.640. The van der Waals surface area contributed by atoms with Crippen LogP contribution in [0.15, 0.2) is 0 Å². The summed E-state index contributed by atoms with van der Waals surface area (Å²) in [6, 6.07) is 0. The lowest BCUT2D eigenvalue weighted by atomic mass is 12.0. The maximum Gasteiger partial charge on any atom is 0 e. The topological polar surface area (TPSA) is 178 Å². The Bertz CT molecular complexity index is 11.0. The van der Waals surface area contributed by atoms with E-state index in [-0.39, 0.29) is 40.7 Å². The smallest absolute Gasteiger partial charge is 0 e. The van der Waals surface area contributed by atoms with Gasteiger partial charge >= 0.3 is 0 Å². The molecule has 0 aliphatic heterocycles. The van der Waals surface area contributed by atoms with Gasteiger partial charge in [0.25, 0.3) is 0 Å². The van der Waals surface area contributed by atoms with E-state index >= 15 is 0 Å².